The van der Waals surface area contributed by atoms with Crippen LogP contribution in [-0.4, -0.2) is 59.0 Å². The lowest BCUT2D eigenvalue weighted by molar-refractivity contribution is -0.150. The number of rotatable bonds is 43. The first-order valence-corrected chi connectivity index (χ1v) is 25.5. The van der Waals surface area contributed by atoms with Crippen LogP contribution >= 0.6 is 0 Å². The van der Waals surface area contributed by atoms with Crippen LogP contribution in [0.1, 0.15) is 246 Å². The summed E-state index contributed by atoms with van der Waals surface area (Å²) in [5.74, 6) is 0.213. The average molecular weight is 830 g/mol. The number of hydrogen-bond donors (Lipinski definition) is 1. The number of carbonyl (C=O) groups excluding carboxylic acids is 3. The monoisotopic (exact) mass is 830 g/mol. The van der Waals surface area contributed by atoms with E-state index in [9.17, 15) is 14.4 Å². The number of amides is 1. The van der Waals surface area contributed by atoms with Crippen molar-refractivity contribution in [1.29, 1.82) is 0 Å². The number of aromatic nitrogens is 2. The van der Waals surface area contributed by atoms with Gasteiger partial charge >= 0.3 is 11.9 Å². The molecule has 0 bridgehead atoms. The minimum atomic E-state index is -0.119. The van der Waals surface area contributed by atoms with Crippen molar-refractivity contribution in [1.82, 2.24) is 14.9 Å². The molecule has 0 fully saturated rings. The number of hydrogen-bond acceptors (Lipinski definition) is 6. The molecule has 1 N–H and O–H groups in total. The average Bonchev–Trinajstić information content (AvgIpc) is 3.75. The molecule has 0 spiro atoms. The number of unbranched alkanes of at least 4 members (excludes halogenated alkanes) is 22. The first-order valence-electron chi connectivity index (χ1n) is 25.5. The van der Waals surface area contributed by atoms with Gasteiger partial charge in [-0.25, -0.2) is 4.98 Å². The van der Waals surface area contributed by atoms with Crippen molar-refractivity contribution < 1.29 is 23.9 Å². The molecule has 3 atom stereocenters. The van der Waals surface area contributed by atoms with E-state index in [2.05, 4.69) is 42.6 Å². The third-order valence-corrected chi connectivity index (χ3v) is 12.2. The van der Waals surface area contributed by atoms with E-state index < -0.39 is 0 Å². The number of aromatic amines is 1. The summed E-state index contributed by atoms with van der Waals surface area (Å²) in [5.41, 5.74) is 0.986. The summed E-state index contributed by atoms with van der Waals surface area (Å²) in [4.78, 5) is 49.2. The van der Waals surface area contributed by atoms with Gasteiger partial charge in [0.15, 0.2) is 0 Å². The summed E-state index contributed by atoms with van der Waals surface area (Å²) < 4.78 is 11.7. The highest BCUT2D eigenvalue weighted by Crippen LogP contribution is 2.23. The maximum absolute atomic E-state index is 13.7. The molecule has 0 aliphatic rings. The van der Waals surface area contributed by atoms with Gasteiger partial charge in [0.2, 0.25) is 5.91 Å². The molecule has 1 aromatic heterocycles. The Morgan fingerprint density at radius 1 is 0.525 bits per heavy atom. The van der Waals surface area contributed by atoms with Gasteiger partial charge in [-0.05, 0) is 64.2 Å². The highest BCUT2D eigenvalue weighted by atomic mass is 16.5. The second-order valence-electron chi connectivity index (χ2n) is 17.9. The van der Waals surface area contributed by atoms with Crippen LogP contribution in [0.5, 0.6) is 0 Å². The molecular weight excluding hydrogens is 735 g/mol. The normalized spacial score (nSPS) is 13.0. The van der Waals surface area contributed by atoms with Crippen LogP contribution in [0.25, 0.3) is 0 Å². The fourth-order valence-electron chi connectivity index (χ4n) is 8.29. The van der Waals surface area contributed by atoms with E-state index in [1.54, 1.807) is 12.5 Å². The maximum Gasteiger partial charge on any atom is 0.308 e. The number of nitrogens with zero attached hydrogens (tertiary/aromatic N) is 2. The number of imidazole rings is 1. The maximum atomic E-state index is 13.7. The summed E-state index contributed by atoms with van der Waals surface area (Å²) in [6.07, 6.45) is 40.2. The minimum absolute atomic E-state index is 0.0155. The van der Waals surface area contributed by atoms with E-state index in [-0.39, 0.29) is 35.6 Å². The number of nitrogens with one attached hydrogen (secondary N) is 1. The van der Waals surface area contributed by atoms with Crippen molar-refractivity contribution in [3.8, 4) is 0 Å². The van der Waals surface area contributed by atoms with E-state index in [0.717, 1.165) is 122 Å². The van der Waals surface area contributed by atoms with Crippen LogP contribution in [0.4, 0.5) is 0 Å². The Morgan fingerprint density at radius 2 is 0.881 bits per heavy atom. The van der Waals surface area contributed by atoms with Crippen LogP contribution in [-0.2, 0) is 30.3 Å². The smallest absolute Gasteiger partial charge is 0.308 e. The van der Waals surface area contributed by atoms with Gasteiger partial charge in [0, 0.05) is 37.3 Å². The number of H-pyrrole nitrogens is 1. The highest BCUT2D eigenvalue weighted by Gasteiger charge is 2.22. The summed E-state index contributed by atoms with van der Waals surface area (Å²) in [6.45, 7) is 13.5. The zero-order valence-electron chi connectivity index (χ0n) is 39.5. The van der Waals surface area contributed by atoms with E-state index in [1.807, 2.05) is 6.92 Å². The fraction of sp³-hybridized carbons (Fsp3) is 0.882. The van der Waals surface area contributed by atoms with Gasteiger partial charge in [0.05, 0.1) is 31.4 Å². The van der Waals surface area contributed by atoms with Crippen LogP contribution in [0.3, 0.4) is 0 Å². The van der Waals surface area contributed by atoms with Gasteiger partial charge in [-0.2, -0.15) is 0 Å². The lowest BCUT2D eigenvalue weighted by Crippen LogP contribution is -2.37. The topological polar surface area (TPSA) is 102 Å². The van der Waals surface area contributed by atoms with Crippen molar-refractivity contribution in [2.75, 3.05) is 26.3 Å². The molecule has 344 valence electrons. The molecule has 0 aliphatic heterocycles. The van der Waals surface area contributed by atoms with Gasteiger partial charge in [-0.15, -0.1) is 0 Å². The van der Waals surface area contributed by atoms with Crippen LogP contribution in [0.15, 0.2) is 12.5 Å². The second kappa shape index (κ2) is 39.7. The molecule has 8 nitrogen and oxygen atoms in total. The van der Waals surface area contributed by atoms with Crippen molar-refractivity contribution in [3.63, 3.8) is 0 Å². The molecule has 1 amide bonds. The van der Waals surface area contributed by atoms with Crippen molar-refractivity contribution >= 4 is 17.8 Å². The fourth-order valence-corrected chi connectivity index (χ4v) is 8.29. The standard InChI is InChI=1S/C51H95N3O5/c1-6-10-14-18-20-28-36-46(34-26-16-12-8-3)50(56)58-40-32-24-22-30-38-54(49(55)45(5)42-48-43-52-44-53-48)39-31-23-25-33-41-59-51(57)47(35-27-17-13-9-4)37-29-21-19-15-11-7-2/h43-47H,6-42H2,1-5H3,(H,52,53). The predicted molar refractivity (Wildman–Crippen MR) is 247 cm³/mol. The summed E-state index contributed by atoms with van der Waals surface area (Å²) >= 11 is 0. The van der Waals surface area contributed by atoms with Crippen LogP contribution in [0.2, 0.25) is 0 Å². The Bertz CT molecular complexity index is 1040. The van der Waals surface area contributed by atoms with Gasteiger partial charge in [-0.1, -0.05) is 176 Å². The Hall–Kier alpha value is -2.38. The van der Waals surface area contributed by atoms with Crippen molar-refractivity contribution in [2.24, 2.45) is 17.8 Å². The molecular formula is C51H95N3O5. The molecule has 8 heteroatoms. The minimum Gasteiger partial charge on any atom is -0.465 e. The van der Waals surface area contributed by atoms with E-state index in [0.29, 0.717) is 19.6 Å². The first-order chi connectivity index (χ1) is 28.9. The van der Waals surface area contributed by atoms with Gasteiger partial charge in [0.25, 0.3) is 0 Å². The van der Waals surface area contributed by atoms with Crippen molar-refractivity contribution in [3.05, 3.63) is 18.2 Å². The van der Waals surface area contributed by atoms with Crippen LogP contribution in [0, 0.1) is 17.8 Å². The Labute approximate surface area is 364 Å². The molecule has 0 saturated carbocycles. The molecule has 59 heavy (non-hydrogen) atoms. The third-order valence-electron chi connectivity index (χ3n) is 12.2. The molecule has 0 aromatic carbocycles. The number of esters is 2. The molecule has 0 aliphatic carbocycles. The SMILES string of the molecule is CCCCCCCCC(CCCCCC)C(=O)OCCCCCCN(CCCCCCOC(=O)C(CCCCCC)CCCCCCCC)C(=O)C(C)Cc1cnc[nH]1. The lowest BCUT2D eigenvalue weighted by atomic mass is 9.94. The lowest BCUT2D eigenvalue weighted by Gasteiger charge is -2.26. The van der Waals surface area contributed by atoms with E-state index in [4.69, 9.17) is 9.47 Å². The molecule has 1 rings (SSSR count). The largest absolute Gasteiger partial charge is 0.465 e. The number of carbonyl (C=O) groups is 3. The summed E-state index contributed by atoms with van der Waals surface area (Å²) in [5, 5.41) is 0. The molecule has 1 heterocycles. The predicted octanol–water partition coefficient (Wildman–Crippen LogP) is 14.3. The van der Waals surface area contributed by atoms with Crippen molar-refractivity contribution in [2.45, 2.75) is 247 Å². The van der Waals surface area contributed by atoms with Crippen LogP contribution < -0.4 is 0 Å². The zero-order valence-corrected chi connectivity index (χ0v) is 39.5. The quantitative estimate of drug-likeness (QED) is 0.0519. The van der Waals surface area contributed by atoms with E-state index in [1.165, 1.54) is 103 Å². The van der Waals surface area contributed by atoms with Gasteiger partial charge < -0.3 is 19.4 Å². The molecule has 1 aromatic rings. The highest BCUT2D eigenvalue weighted by molar-refractivity contribution is 5.78. The molecule has 0 saturated heterocycles. The molecule has 3 unspecified atom stereocenters. The Morgan fingerprint density at radius 3 is 1.27 bits per heavy atom. The Balaban J connectivity index is 2.50. The second-order valence-corrected chi connectivity index (χ2v) is 17.9. The van der Waals surface area contributed by atoms with Gasteiger partial charge in [-0.3, -0.25) is 14.4 Å². The number of ether oxygens (including phenoxy) is 2. The third kappa shape index (κ3) is 30.3. The van der Waals surface area contributed by atoms with Gasteiger partial charge in [0.1, 0.15) is 0 Å². The summed E-state index contributed by atoms with van der Waals surface area (Å²) in [6, 6.07) is 0. The zero-order chi connectivity index (χ0) is 43.0. The summed E-state index contributed by atoms with van der Waals surface area (Å²) in [7, 11) is 0. The first kappa shape index (κ1) is 54.6. The molecule has 0 radical (unpaired) electrons. The Kier molecular flexibility index (Phi) is 36.8. The van der Waals surface area contributed by atoms with E-state index >= 15 is 0 Å².